The Balaban J connectivity index is 1.83. The van der Waals surface area contributed by atoms with Crippen LogP contribution in [0.2, 0.25) is 10.2 Å². The molecule has 0 aliphatic heterocycles. The van der Waals surface area contributed by atoms with Crippen molar-refractivity contribution in [2.24, 2.45) is 0 Å². The highest BCUT2D eigenvalue weighted by atomic mass is 35.5. The Bertz CT molecular complexity index is 808. The first-order chi connectivity index (χ1) is 10.7. The molecule has 2 aromatic heterocycles. The van der Waals surface area contributed by atoms with Gasteiger partial charge in [-0.3, -0.25) is 0 Å². The Kier molecular flexibility index (Phi) is 4.27. The molecule has 0 aliphatic rings. The molecule has 0 bridgehead atoms. The van der Waals surface area contributed by atoms with Crippen LogP contribution in [-0.4, -0.2) is 22.1 Å². The van der Waals surface area contributed by atoms with Crippen LogP contribution in [-0.2, 0) is 6.54 Å². The summed E-state index contributed by atoms with van der Waals surface area (Å²) in [5.41, 5.74) is 2.21. The van der Waals surface area contributed by atoms with E-state index in [1.54, 1.807) is 13.2 Å². The Morgan fingerprint density at radius 2 is 1.91 bits per heavy atom. The molecule has 1 N–H and O–H groups in total. The number of aromatic nitrogens is 3. The Labute approximate surface area is 137 Å². The maximum absolute atomic E-state index is 6.22. The second kappa shape index (κ2) is 6.34. The lowest BCUT2D eigenvalue weighted by atomic mass is 10.2. The minimum absolute atomic E-state index is 0.300. The fraction of sp³-hybridized carbons (Fsp3) is 0.133. The van der Waals surface area contributed by atoms with E-state index in [1.165, 1.54) is 6.33 Å². The number of halogens is 2. The molecule has 5 nitrogen and oxygen atoms in total. The van der Waals surface area contributed by atoms with Gasteiger partial charge in [-0.1, -0.05) is 35.3 Å². The van der Waals surface area contributed by atoms with E-state index in [9.17, 15) is 0 Å². The molecule has 2 heterocycles. The van der Waals surface area contributed by atoms with Gasteiger partial charge in [-0.25, -0.2) is 15.0 Å². The molecule has 0 radical (unpaired) electrons. The first kappa shape index (κ1) is 14.8. The van der Waals surface area contributed by atoms with Gasteiger partial charge in [-0.05, 0) is 23.8 Å². The molecule has 0 amide bonds. The van der Waals surface area contributed by atoms with Crippen molar-refractivity contribution in [2.45, 2.75) is 6.54 Å². The van der Waals surface area contributed by atoms with Gasteiger partial charge in [0.05, 0.1) is 17.6 Å². The summed E-state index contributed by atoms with van der Waals surface area (Å²) in [6, 6.07) is 9.45. The fourth-order valence-electron chi connectivity index (χ4n) is 1.99. The summed E-state index contributed by atoms with van der Waals surface area (Å²) in [5.74, 6) is 1.36. The minimum atomic E-state index is 0.300. The molecule has 1 aromatic carbocycles. The minimum Gasteiger partial charge on any atom is -0.497 e. The number of rotatable bonds is 4. The topological polar surface area (TPSA) is 59.9 Å². The van der Waals surface area contributed by atoms with Crippen LogP contribution >= 0.6 is 23.2 Å². The standard InChI is InChI=1S/C15H12Cl2N4O/c1-22-10-4-2-9(3-5-10)7-18-15-11(16)6-12-13(21-15)14(17)20-8-19-12/h2-6,8H,7H2,1H3,(H,18,21). The predicted octanol–water partition coefficient (Wildman–Crippen LogP) is 3.95. The summed E-state index contributed by atoms with van der Waals surface area (Å²) < 4.78 is 5.13. The van der Waals surface area contributed by atoms with E-state index in [-0.39, 0.29) is 0 Å². The molecule has 0 aliphatic carbocycles. The molecule has 0 saturated carbocycles. The summed E-state index contributed by atoms with van der Waals surface area (Å²) in [7, 11) is 1.64. The van der Waals surface area contributed by atoms with Crippen molar-refractivity contribution in [2.75, 3.05) is 12.4 Å². The highest BCUT2D eigenvalue weighted by Gasteiger charge is 2.09. The van der Waals surface area contributed by atoms with Crippen LogP contribution < -0.4 is 10.1 Å². The lowest BCUT2D eigenvalue weighted by Crippen LogP contribution is -2.03. The molecule has 22 heavy (non-hydrogen) atoms. The van der Waals surface area contributed by atoms with Crippen molar-refractivity contribution in [3.05, 3.63) is 52.4 Å². The molecule has 3 rings (SSSR count). The van der Waals surface area contributed by atoms with Gasteiger partial charge < -0.3 is 10.1 Å². The molecule has 0 saturated heterocycles. The quantitative estimate of drug-likeness (QED) is 0.732. The number of nitrogens with one attached hydrogen (secondary N) is 1. The van der Waals surface area contributed by atoms with Crippen molar-refractivity contribution in [1.82, 2.24) is 15.0 Å². The molecule has 7 heteroatoms. The number of nitrogens with zero attached hydrogens (tertiary/aromatic N) is 3. The predicted molar refractivity (Wildman–Crippen MR) is 87.7 cm³/mol. The first-order valence-corrected chi connectivity index (χ1v) is 7.26. The van der Waals surface area contributed by atoms with Crippen molar-refractivity contribution in [3.8, 4) is 5.75 Å². The summed E-state index contributed by atoms with van der Waals surface area (Å²) in [6.45, 7) is 0.577. The Hall–Kier alpha value is -2.11. The third-order valence-corrected chi connectivity index (χ3v) is 3.70. The van der Waals surface area contributed by atoms with Crippen molar-refractivity contribution < 1.29 is 4.74 Å². The molecule has 0 spiro atoms. The van der Waals surface area contributed by atoms with Crippen LogP contribution in [0.15, 0.2) is 36.7 Å². The molecule has 3 aromatic rings. The second-order valence-electron chi connectivity index (χ2n) is 4.55. The van der Waals surface area contributed by atoms with Crippen LogP contribution in [0.4, 0.5) is 5.82 Å². The van der Waals surface area contributed by atoms with E-state index >= 15 is 0 Å². The Morgan fingerprint density at radius 3 is 2.64 bits per heavy atom. The number of methoxy groups -OCH3 is 1. The Morgan fingerprint density at radius 1 is 1.14 bits per heavy atom. The third-order valence-electron chi connectivity index (χ3n) is 3.14. The number of benzene rings is 1. The zero-order valence-electron chi connectivity index (χ0n) is 11.7. The normalized spacial score (nSPS) is 10.7. The van der Waals surface area contributed by atoms with E-state index in [0.29, 0.717) is 33.6 Å². The number of pyridine rings is 1. The van der Waals surface area contributed by atoms with Crippen LogP contribution in [0.25, 0.3) is 11.0 Å². The smallest absolute Gasteiger partial charge is 0.158 e. The van der Waals surface area contributed by atoms with Crippen LogP contribution in [0.1, 0.15) is 5.56 Å². The lowest BCUT2D eigenvalue weighted by Gasteiger charge is -2.09. The van der Waals surface area contributed by atoms with Crippen molar-refractivity contribution >= 4 is 40.1 Å². The highest BCUT2D eigenvalue weighted by molar-refractivity contribution is 6.35. The van der Waals surface area contributed by atoms with Gasteiger partial charge in [0.15, 0.2) is 5.15 Å². The second-order valence-corrected chi connectivity index (χ2v) is 5.32. The molecular formula is C15H12Cl2N4O. The van der Waals surface area contributed by atoms with Crippen molar-refractivity contribution in [1.29, 1.82) is 0 Å². The molecular weight excluding hydrogens is 323 g/mol. The molecule has 112 valence electrons. The maximum atomic E-state index is 6.22. The lowest BCUT2D eigenvalue weighted by molar-refractivity contribution is 0.414. The molecule has 0 atom stereocenters. The van der Waals surface area contributed by atoms with Gasteiger partial charge in [-0.2, -0.15) is 0 Å². The first-order valence-electron chi connectivity index (χ1n) is 6.51. The van der Waals surface area contributed by atoms with Gasteiger partial charge in [0.1, 0.15) is 23.4 Å². The molecule has 0 fully saturated rings. The van der Waals surface area contributed by atoms with Gasteiger partial charge in [0, 0.05) is 6.54 Å². The van der Waals surface area contributed by atoms with E-state index in [4.69, 9.17) is 27.9 Å². The number of anilines is 1. The van der Waals surface area contributed by atoms with Gasteiger partial charge in [0.25, 0.3) is 0 Å². The van der Waals surface area contributed by atoms with E-state index in [1.807, 2.05) is 24.3 Å². The van der Waals surface area contributed by atoms with Crippen LogP contribution in [0.5, 0.6) is 5.75 Å². The van der Waals surface area contributed by atoms with E-state index in [2.05, 4.69) is 20.3 Å². The maximum Gasteiger partial charge on any atom is 0.158 e. The van der Waals surface area contributed by atoms with Gasteiger partial charge in [-0.15, -0.1) is 0 Å². The van der Waals surface area contributed by atoms with Gasteiger partial charge >= 0.3 is 0 Å². The third kappa shape index (κ3) is 3.05. The fourth-order valence-corrected chi connectivity index (χ4v) is 2.38. The summed E-state index contributed by atoms with van der Waals surface area (Å²) in [5, 5.41) is 3.97. The summed E-state index contributed by atoms with van der Waals surface area (Å²) in [6.07, 6.45) is 1.38. The van der Waals surface area contributed by atoms with E-state index in [0.717, 1.165) is 11.3 Å². The summed E-state index contributed by atoms with van der Waals surface area (Å²) in [4.78, 5) is 12.4. The number of fused-ring (bicyclic) bond motifs is 1. The van der Waals surface area contributed by atoms with Crippen LogP contribution in [0, 0.1) is 0 Å². The molecule has 0 unspecified atom stereocenters. The zero-order valence-corrected chi connectivity index (χ0v) is 13.2. The van der Waals surface area contributed by atoms with Crippen molar-refractivity contribution in [3.63, 3.8) is 0 Å². The number of hydrogen-bond donors (Lipinski definition) is 1. The number of ether oxygens (including phenoxy) is 1. The summed E-state index contributed by atoms with van der Waals surface area (Å²) >= 11 is 12.3. The van der Waals surface area contributed by atoms with Gasteiger partial charge in [0.2, 0.25) is 0 Å². The van der Waals surface area contributed by atoms with E-state index < -0.39 is 0 Å². The monoisotopic (exact) mass is 334 g/mol. The number of hydrogen-bond acceptors (Lipinski definition) is 5. The average molecular weight is 335 g/mol. The SMILES string of the molecule is COc1ccc(CNc2nc3c(Cl)ncnc3cc2Cl)cc1. The largest absolute Gasteiger partial charge is 0.497 e. The van der Waals surface area contributed by atoms with Crippen LogP contribution in [0.3, 0.4) is 0 Å². The average Bonchev–Trinajstić information content (AvgIpc) is 2.54. The zero-order chi connectivity index (χ0) is 15.5. The highest BCUT2D eigenvalue weighted by Crippen LogP contribution is 2.27.